The van der Waals surface area contributed by atoms with Crippen LogP contribution in [0.5, 0.6) is 0 Å². The third-order valence-electron chi connectivity index (χ3n) is 4.24. The molecule has 26 heavy (non-hydrogen) atoms. The molecule has 0 spiro atoms. The monoisotopic (exact) mass is 370 g/mol. The summed E-state index contributed by atoms with van der Waals surface area (Å²) in [6, 6.07) is 3.70. The molecule has 1 aliphatic carbocycles. The van der Waals surface area contributed by atoms with Crippen LogP contribution in [-0.2, 0) is 24.1 Å². The summed E-state index contributed by atoms with van der Waals surface area (Å²) < 4.78 is 0. The van der Waals surface area contributed by atoms with Crippen molar-refractivity contribution in [1.82, 2.24) is 9.97 Å². The molecule has 5 nitrogen and oxygen atoms in total. The molecule has 0 atom stereocenters. The lowest BCUT2D eigenvalue weighted by molar-refractivity contribution is -0.116. The number of ketones is 2. The first-order chi connectivity index (χ1) is 12.3. The fourth-order valence-corrected chi connectivity index (χ4v) is 4.18. The van der Waals surface area contributed by atoms with E-state index in [1.165, 1.54) is 18.3 Å². The van der Waals surface area contributed by atoms with Crippen molar-refractivity contribution < 1.29 is 14.7 Å². The van der Waals surface area contributed by atoms with Gasteiger partial charge < -0.3 is 5.11 Å². The Kier molecular flexibility index (Phi) is 5.32. The number of aryl methyl sites for hydroxylation is 1. The van der Waals surface area contributed by atoms with Crippen LogP contribution in [0, 0.1) is 5.92 Å². The smallest absolute Gasteiger partial charge is 0.204 e. The van der Waals surface area contributed by atoms with Crippen LogP contribution >= 0.6 is 11.3 Å². The van der Waals surface area contributed by atoms with E-state index < -0.39 is 0 Å². The molecule has 1 N–H and O–H groups in total. The number of fused-ring (bicyclic) bond motifs is 1. The van der Waals surface area contributed by atoms with Gasteiger partial charge in [0.1, 0.15) is 16.6 Å². The summed E-state index contributed by atoms with van der Waals surface area (Å²) in [4.78, 5) is 33.4. The Morgan fingerprint density at radius 1 is 1.31 bits per heavy atom. The van der Waals surface area contributed by atoms with Gasteiger partial charge >= 0.3 is 0 Å². The first-order valence-electron chi connectivity index (χ1n) is 8.75. The van der Waals surface area contributed by atoms with Crippen LogP contribution in [0.15, 0.2) is 23.9 Å². The maximum atomic E-state index is 12.8. The minimum atomic E-state index is -0.192. The molecular weight excluding hydrogens is 348 g/mol. The lowest BCUT2D eigenvalue weighted by atomic mass is 9.93. The largest absolute Gasteiger partial charge is 0.507 e. The fraction of sp³-hybridized carbons (Fsp3) is 0.400. The zero-order valence-electron chi connectivity index (χ0n) is 15.2. The molecule has 2 heterocycles. The zero-order valence-corrected chi connectivity index (χ0v) is 16.0. The molecule has 2 aromatic heterocycles. The number of thiazole rings is 1. The zero-order chi connectivity index (χ0) is 18.8. The minimum Gasteiger partial charge on any atom is -0.507 e. The second-order valence-corrected chi connectivity index (χ2v) is 8.14. The molecule has 3 rings (SSSR count). The van der Waals surface area contributed by atoms with Gasteiger partial charge in [0, 0.05) is 23.0 Å². The third-order valence-corrected chi connectivity index (χ3v) is 5.33. The van der Waals surface area contributed by atoms with Crippen molar-refractivity contribution in [2.45, 2.75) is 46.5 Å². The summed E-state index contributed by atoms with van der Waals surface area (Å²) in [6.45, 7) is 5.76. The van der Waals surface area contributed by atoms with Gasteiger partial charge in [-0.2, -0.15) is 0 Å². The van der Waals surface area contributed by atoms with E-state index in [4.69, 9.17) is 0 Å². The van der Waals surface area contributed by atoms with Crippen LogP contribution in [0.2, 0.25) is 0 Å². The molecule has 0 saturated carbocycles. The van der Waals surface area contributed by atoms with Gasteiger partial charge in [0.15, 0.2) is 0 Å². The van der Waals surface area contributed by atoms with Crippen molar-refractivity contribution >= 4 is 28.7 Å². The summed E-state index contributed by atoms with van der Waals surface area (Å²) in [6.07, 6.45) is 3.77. The molecule has 0 fully saturated rings. The first kappa shape index (κ1) is 18.5. The quantitative estimate of drug-likeness (QED) is 0.636. The highest BCUT2D eigenvalue weighted by Gasteiger charge is 2.29. The van der Waals surface area contributed by atoms with E-state index in [1.54, 1.807) is 6.20 Å². The Morgan fingerprint density at radius 2 is 2.08 bits per heavy atom. The lowest BCUT2D eigenvalue weighted by Crippen LogP contribution is -2.14. The molecule has 2 aromatic rings. The van der Waals surface area contributed by atoms with Gasteiger partial charge in [0.2, 0.25) is 5.78 Å². The molecule has 0 radical (unpaired) electrons. The molecule has 136 valence electrons. The highest BCUT2D eigenvalue weighted by atomic mass is 32.1. The molecular formula is C20H22N2O3S. The molecule has 0 bridgehead atoms. The second kappa shape index (κ2) is 7.50. The second-order valence-electron chi connectivity index (χ2n) is 7.05. The number of pyridine rings is 1. The van der Waals surface area contributed by atoms with Gasteiger partial charge in [-0.05, 0) is 44.2 Å². The van der Waals surface area contributed by atoms with Gasteiger partial charge in [0.25, 0.3) is 0 Å². The minimum absolute atomic E-state index is 0.00855. The van der Waals surface area contributed by atoms with Crippen molar-refractivity contribution in [3.8, 4) is 0 Å². The lowest BCUT2D eigenvalue weighted by Gasteiger charge is -2.14. The SMILES string of the molecule is CC(=O)Cc1nc2c(s1)C(=O)/C(=C(\O)c1ccc(CC(C)C)nc1)CC2. The van der Waals surface area contributed by atoms with Gasteiger partial charge in [0.05, 0.1) is 17.0 Å². The van der Waals surface area contributed by atoms with Crippen LogP contribution < -0.4 is 0 Å². The van der Waals surface area contributed by atoms with E-state index in [-0.39, 0.29) is 23.7 Å². The number of carbonyl (C=O) groups excluding carboxylic acids is 2. The Balaban J connectivity index is 1.87. The van der Waals surface area contributed by atoms with Crippen LogP contribution in [0.25, 0.3) is 5.76 Å². The maximum Gasteiger partial charge on any atom is 0.204 e. The number of allylic oxidation sites excluding steroid dienone is 1. The van der Waals surface area contributed by atoms with E-state index in [2.05, 4.69) is 23.8 Å². The third kappa shape index (κ3) is 3.90. The van der Waals surface area contributed by atoms with Crippen molar-refractivity contribution in [2.75, 3.05) is 0 Å². The number of aromatic nitrogens is 2. The Bertz CT molecular complexity index is 879. The van der Waals surface area contributed by atoms with E-state index in [0.29, 0.717) is 39.8 Å². The highest BCUT2D eigenvalue weighted by Crippen LogP contribution is 2.33. The highest BCUT2D eigenvalue weighted by molar-refractivity contribution is 7.14. The van der Waals surface area contributed by atoms with Crippen molar-refractivity contribution in [3.63, 3.8) is 0 Å². The van der Waals surface area contributed by atoms with Gasteiger partial charge in [-0.25, -0.2) is 4.98 Å². The molecule has 0 saturated heterocycles. The number of carbonyl (C=O) groups is 2. The number of aliphatic hydroxyl groups excluding tert-OH is 1. The van der Waals surface area contributed by atoms with Crippen LogP contribution in [-0.4, -0.2) is 26.6 Å². The molecule has 0 aliphatic heterocycles. The summed E-state index contributed by atoms with van der Waals surface area (Å²) in [7, 11) is 0. The number of rotatable bonds is 5. The summed E-state index contributed by atoms with van der Waals surface area (Å²) in [5, 5.41) is 11.3. The average Bonchev–Trinajstić information content (AvgIpc) is 2.97. The Hall–Kier alpha value is -2.34. The normalized spacial score (nSPS) is 15.9. The number of Topliss-reactive ketones (excluding diaryl/α,β-unsaturated/α-hetero) is 2. The van der Waals surface area contributed by atoms with Crippen LogP contribution in [0.3, 0.4) is 0 Å². The average molecular weight is 370 g/mol. The number of aliphatic hydroxyl groups is 1. The predicted molar refractivity (Wildman–Crippen MR) is 101 cm³/mol. The Labute approximate surface area is 156 Å². The van der Waals surface area contributed by atoms with Gasteiger partial charge in [-0.1, -0.05) is 13.8 Å². The van der Waals surface area contributed by atoms with Crippen LogP contribution in [0.1, 0.15) is 58.8 Å². The number of hydrogen-bond acceptors (Lipinski definition) is 6. The summed E-state index contributed by atoms with van der Waals surface area (Å²) >= 11 is 1.25. The number of hydrogen-bond donors (Lipinski definition) is 1. The fourth-order valence-electron chi connectivity index (χ4n) is 3.03. The first-order valence-corrected chi connectivity index (χ1v) is 9.57. The topological polar surface area (TPSA) is 80.2 Å². The molecule has 0 aromatic carbocycles. The molecule has 1 aliphatic rings. The molecule has 0 unspecified atom stereocenters. The summed E-state index contributed by atoms with van der Waals surface area (Å²) in [5.41, 5.74) is 2.65. The number of nitrogens with zero attached hydrogens (tertiary/aromatic N) is 2. The maximum absolute atomic E-state index is 12.8. The van der Waals surface area contributed by atoms with Crippen molar-refractivity contribution in [3.05, 3.63) is 50.7 Å². The standard InChI is InChI=1S/C20H22N2O3S/c1-11(2)8-14-5-4-13(10-21-14)18(24)15-6-7-16-20(19(15)25)26-17(22-16)9-12(3)23/h4-5,10-11,24H,6-9H2,1-3H3/b18-15-. The Morgan fingerprint density at radius 3 is 2.69 bits per heavy atom. The van der Waals surface area contributed by atoms with Gasteiger partial charge in [-0.15, -0.1) is 11.3 Å². The van der Waals surface area contributed by atoms with E-state index in [9.17, 15) is 14.7 Å². The predicted octanol–water partition coefficient (Wildman–Crippen LogP) is 3.97. The van der Waals surface area contributed by atoms with Crippen molar-refractivity contribution in [2.24, 2.45) is 5.92 Å². The van der Waals surface area contributed by atoms with E-state index in [0.717, 1.165) is 17.8 Å². The van der Waals surface area contributed by atoms with E-state index in [1.807, 2.05) is 12.1 Å². The molecule has 0 amide bonds. The summed E-state index contributed by atoms with van der Waals surface area (Å²) in [5.74, 6) is 0.331. The van der Waals surface area contributed by atoms with Gasteiger partial charge in [-0.3, -0.25) is 14.6 Å². The molecule has 6 heteroatoms. The van der Waals surface area contributed by atoms with Crippen molar-refractivity contribution in [1.29, 1.82) is 0 Å². The van der Waals surface area contributed by atoms with E-state index >= 15 is 0 Å². The van der Waals surface area contributed by atoms with Crippen LogP contribution in [0.4, 0.5) is 0 Å².